The van der Waals surface area contributed by atoms with Crippen LogP contribution in [0.1, 0.15) is 26.3 Å². The highest BCUT2D eigenvalue weighted by Gasteiger charge is 2.17. The maximum atomic E-state index is 5.83. The number of anilines is 1. The second kappa shape index (κ2) is 5.45. The Bertz CT molecular complexity index is 369. The zero-order chi connectivity index (χ0) is 12.3. The van der Waals surface area contributed by atoms with Crippen LogP contribution in [0.25, 0.3) is 0 Å². The van der Waals surface area contributed by atoms with Crippen LogP contribution in [-0.4, -0.2) is 40.3 Å². The van der Waals surface area contributed by atoms with Gasteiger partial charge in [0.25, 0.3) is 0 Å². The van der Waals surface area contributed by atoms with Gasteiger partial charge in [0.1, 0.15) is 0 Å². The molecule has 0 amide bonds. The summed E-state index contributed by atoms with van der Waals surface area (Å²) in [6, 6.07) is 0.279. The van der Waals surface area contributed by atoms with E-state index in [-0.39, 0.29) is 6.04 Å². The Hall–Kier alpha value is -0.880. The molecule has 1 aromatic heterocycles. The SMILES string of the molecule is CC(C)CC(CN(C)C)n1c(N)n[nH]c1=S. The zero-order valence-electron chi connectivity index (χ0n) is 10.4. The first kappa shape index (κ1) is 13.2. The molecule has 0 aromatic carbocycles. The van der Waals surface area contributed by atoms with Crippen LogP contribution in [-0.2, 0) is 0 Å². The lowest BCUT2D eigenvalue weighted by molar-refractivity contribution is 0.289. The molecule has 1 rings (SSSR count). The van der Waals surface area contributed by atoms with Gasteiger partial charge in [0.05, 0.1) is 6.04 Å². The molecule has 1 unspecified atom stereocenters. The van der Waals surface area contributed by atoms with E-state index in [1.807, 2.05) is 18.7 Å². The summed E-state index contributed by atoms with van der Waals surface area (Å²) in [5.41, 5.74) is 5.83. The number of nitrogens with two attached hydrogens (primary N) is 1. The molecule has 0 radical (unpaired) electrons. The molecule has 0 aliphatic rings. The predicted octanol–water partition coefficient (Wildman–Crippen LogP) is 1.67. The summed E-state index contributed by atoms with van der Waals surface area (Å²) in [5.74, 6) is 1.07. The molecule has 1 atom stereocenters. The number of rotatable bonds is 5. The van der Waals surface area contributed by atoms with E-state index in [2.05, 4.69) is 28.9 Å². The van der Waals surface area contributed by atoms with Crippen molar-refractivity contribution < 1.29 is 0 Å². The summed E-state index contributed by atoms with van der Waals surface area (Å²) in [4.78, 5) is 2.14. The molecule has 0 aliphatic carbocycles. The molecule has 6 heteroatoms. The Morgan fingerprint density at radius 1 is 1.50 bits per heavy atom. The first-order valence-electron chi connectivity index (χ1n) is 5.49. The topological polar surface area (TPSA) is 62.9 Å². The maximum absolute atomic E-state index is 5.83. The van der Waals surface area contributed by atoms with E-state index in [4.69, 9.17) is 18.0 Å². The second-order valence-corrected chi connectivity index (χ2v) is 5.19. The smallest absolute Gasteiger partial charge is 0.220 e. The van der Waals surface area contributed by atoms with Gasteiger partial charge in [-0.1, -0.05) is 13.8 Å². The Morgan fingerprint density at radius 2 is 2.12 bits per heavy atom. The molecule has 1 aromatic rings. The molecule has 92 valence electrons. The fourth-order valence-corrected chi connectivity index (χ4v) is 2.19. The number of hydrogen-bond donors (Lipinski definition) is 2. The lowest BCUT2D eigenvalue weighted by Gasteiger charge is -2.24. The van der Waals surface area contributed by atoms with Gasteiger partial charge in [-0.15, -0.1) is 5.10 Å². The van der Waals surface area contributed by atoms with Crippen LogP contribution >= 0.6 is 12.2 Å². The Balaban J connectivity index is 2.96. The van der Waals surface area contributed by atoms with Gasteiger partial charge in [-0.25, -0.2) is 5.10 Å². The minimum Gasteiger partial charge on any atom is -0.368 e. The quantitative estimate of drug-likeness (QED) is 0.772. The van der Waals surface area contributed by atoms with E-state index < -0.39 is 0 Å². The first-order chi connectivity index (χ1) is 7.41. The van der Waals surface area contributed by atoms with Crippen LogP contribution in [0.3, 0.4) is 0 Å². The Labute approximate surface area is 102 Å². The van der Waals surface area contributed by atoms with Crippen LogP contribution < -0.4 is 5.73 Å². The highest BCUT2D eigenvalue weighted by atomic mass is 32.1. The third-order valence-electron chi connectivity index (χ3n) is 2.42. The van der Waals surface area contributed by atoms with Gasteiger partial charge in [-0.05, 0) is 38.7 Å². The van der Waals surface area contributed by atoms with Crippen molar-refractivity contribution in [1.82, 2.24) is 19.7 Å². The van der Waals surface area contributed by atoms with Gasteiger partial charge in [0, 0.05) is 6.54 Å². The molecule has 16 heavy (non-hydrogen) atoms. The van der Waals surface area contributed by atoms with Gasteiger partial charge < -0.3 is 10.6 Å². The maximum Gasteiger partial charge on any atom is 0.220 e. The summed E-state index contributed by atoms with van der Waals surface area (Å²) in [6.07, 6.45) is 1.04. The van der Waals surface area contributed by atoms with Gasteiger partial charge >= 0.3 is 0 Å². The summed E-state index contributed by atoms with van der Waals surface area (Å²) < 4.78 is 2.51. The monoisotopic (exact) mass is 243 g/mol. The van der Waals surface area contributed by atoms with Gasteiger partial charge in [0.15, 0.2) is 4.77 Å². The lowest BCUT2D eigenvalue weighted by Crippen LogP contribution is -2.26. The molecular weight excluding hydrogens is 222 g/mol. The van der Waals surface area contributed by atoms with E-state index in [0.717, 1.165) is 13.0 Å². The number of aromatic amines is 1. The largest absolute Gasteiger partial charge is 0.368 e. The molecular formula is C10H21N5S. The Kier molecular flexibility index (Phi) is 4.49. The van der Waals surface area contributed by atoms with Crippen LogP contribution in [0.5, 0.6) is 0 Å². The molecule has 0 aliphatic heterocycles. The number of aromatic nitrogens is 3. The summed E-state index contributed by atoms with van der Waals surface area (Å²) >= 11 is 5.20. The van der Waals surface area contributed by atoms with Crippen molar-refractivity contribution in [3.8, 4) is 0 Å². The van der Waals surface area contributed by atoms with Crippen molar-refractivity contribution >= 4 is 18.2 Å². The number of nitrogens with one attached hydrogen (secondary N) is 1. The molecule has 0 bridgehead atoms. The fraction of sp³-hybridized carbons (Fsp3) is 0.800. The number of H-pyrrole nitrogens is 1. The molecule has 5 nitrogen and oxygen atoms in total. The van der Waals surface area contributed by atoms with Crippen molar-refractivity contribution in [3.63, 3.8) is 0 Å². The van der Waals surface area contributed by atoms with E-state index in [1.165, 1.54) is 0 Å². The van der Waals surface area contributed by atoms with Gasteiger partial charge in [-0.3, -0.25) is 4.57 Å². The average Bonchev–Trinajstić information content (AvgIpc) is 2.43. The molecule has 3 N–H and O–H groups in total. The molecule has 0 fully saturated rings. The van der Waals surface area contributed by atoms with Crippen molar-refractivity contribution in [2.24, 2.45) is 5.92 Å². The highest BCUT2D eigenvalue weighted by Crippen LogP contribution is 2.20. The summed E-state index contributed by atoms with van der Waals surface area (Å²) in [5, 5.41) is 6.69. The van der Waals surface area contributed by atoms with Crippen LogP contribution in [0.4, 0.5) is 5.95 Å². The minimum absolute atomic E-state index is 0.279. The van der Waals surface area contributed by atoms with Crippen LogP contribution in [0, 0.1) is 10.7 Å². The number of nitrogens with zero attached hydrogens (tertiary/aromatic N) is 3. The number of hydrogen-bond acceptors (Lipinski definition) is 4. The van der Waals surface area contributed by atoms with E-state index in [0.29, 0.717) is 16.6 Å². The minimum atomic E-state index is 0.279. The molecule has 1 heterocycles. The highest BCUT2D eigenvalue weighted by molar-refractivity contribution is 7.71. The third kappa shape index (κ3) is 3.31. The number of nitrogen functional groups attached to an aromatic ring is 1. The fourth-order valence-electron chi connectivity index (χ4n) is 1.90. The summed E-state index contributed by atoms with van der Waals surface area (Å²) in [6.45, 7) is 5.31. The lowest BCUT2D eigenvalue weighted by atomic mass is 10.0. The van der Waals surface area contributed by atoms with Crippen molar-refractivity contribution in [3.05, 3.63) is 4.77 Å². The van der Waals surface area contributed by atoms with Crippen molar-refractivity contribution in [2.75, 3.05) is 26.4 Å². The van der Waals surface area contributed by atoms with Crippen molar-refractivity contribution in [2.45, 2.75) is 26.3 Å². The average molecular weight is 243 g/mol. The van der Waals surface area contributed by atoms with E-state index in [9.17, 15) is 0 Å². The van der Waals surface area contributed by atoms with E-state index >= 15 is 0 Å². The van der Waals surface area contributed by atoms with Crippen LogP contribution in [0.2, 0.25) is 0 Å². The number of likely N-dealkylation sites (N-methyl/N-ethyl adjacent to an activating group) is 1. The van der Waals surface area contributed by atoms with Gasteiger partial charge in [0.2, 0.25) is 5.95 Å². The molecule has 0 saturated carbocycles. The van der Waals surface area contributed by atoms with E-state index in [1.54, 1.807) is 0 Å². The molecule has 0 spiro atoms. The standard InChI is InChI=1S/C10H21N5S/c1-7(2)5-8(6-14(3)4)15-9(11)12-13-10(15)16/h7-8H,5-6H2,1-4H3,(H2,11,12)(H,13,16). The van der Waals surface area contributed by atoms with Gasteiger partial charge in [-0.2, -0.15) is 0 Å². The third-order valence-corrected chi connectivity index (χ3v) is 2.70. The molecule has 0 saturated heterocycles. The Morgan fingerprint density at radius 3 is 2.50 bits per heavy atom. The normalized spacial score (nSPS) is 13.6. The van der Waals surface area contributed by atoms with Crippen LogP contribution in [0.15, 0.2) is 0 Å². The summed E-state index contributed by atoms with van der Waals surface area (Å²) in [7, 11) is 4.10. The second-order valence-electron chi connectivity index (χ2n) is 4.80. The zero-order valence-corrected chi connectivity index (χ0v) is 11.2. The first-order valence-corrected chi connectivity index (χ1v) is 5.89. The predicted molar refractivity (Wildman–Crippen MR) is 68.9 cm³/mol. The van der Waals surface area contributed by atoms with Crippen molar-refractivity contribution in [1.29, 1.82) is 0 Å².